The summed E-state index contributed by atoms with van der Waals surface area (Å²) in [7, 11) is 0. The SMILES string of the molecule is CC(C)(C)N(C(C)(C)C)C(F)(F)N(C(C)(C)C)C(C)(C)C. The molecule has 0 rings (SSSR count). The molecule has 0 aromatic carbocycles. The predicted molar refractivity (Wildman–Crippen MR) is 87.6 cm³/mol. The zero-order valence-corrected chi connectivity index (χ0v) is 16.2. The van der Waals surface area contributed by atoms with E-state index in [2.05, 4.69) is 0 Å². The minimum absolute atomic E-state index is 0.656. The van der Waals surface area contributed by atoms with E-state index in [-0.39, 0.29) is 0 Å². The summed E-state index contributed by atoms with van der Waals surface area (Å²) >= 11 is 0. The second-order valence-electron chi connectivity index (χ2n) is 9.86. The summed E-state index contributed by atoms with van der Waals surface area (Å²) in [6, 6.07) is 0. The maximum atomic E-state index is 15.6. The van der Waals surface area contributed by atoms with E-state index in [4.69, 9.17) is 0 Å². The number of nitrogens with zero attached hydrogens (tertiary/aromatic N) is 2. The summed E-state index contributed by atoms with van der Waals surface area (Å²) in [5, 5.41) is 0. The molecule has 0 aliphatic carbocycles. The van der Waals surface area contributed by atoms with Crippen molar-refractivity contribution in [3.63, 3.8) is 0 Å². The molecule has 21 heavy (non-hydrogen) atoms. The molecule has 4 heteroatoms. The van der Waals surface area contributed by atoms with Crippen molar-refractivity contribution in [3.05, 3.63) is 0 Å². The number of alkyl halides is 2. The van der Waals surface area contributed by atoms with Crippen molar-refractivity contribution >= 4 is 0 Å². The maximum Gasteiger partial charge on any atom is 0.371 e. The molecule has 0 amide bonds. The molecule has 2 nitrogen and oxygen atoms in total. The van der Waals surface area contributed by atoms with Crippen LogP contribution in [-0.4, -0.2) is 38.1 Å². The van der Waals surface area contributed by atoms with Crippen molar-refractivity contribution in [1.29, 1.82) is 0 Å². The zero-order valence-electron chi connectivity index (χ0n) is 16.2. The Labute approximate surface area is 130 Å². The molecular weight excluding hydrogens is 270 g/mol. The van der Waals surface area contributed by atoms with Crippen LogP contribution in [0.2, 0.25) is 0 Å². The summed E-state index contributed by atoms with van der Waals surface area (Å²) in [6.07, 6.45) is -3.06. The molecule has 0 saturated heterocycles. The van der Waals surface area contributed by atoms with Crippen LogP contribution in [-0.2, 0) is 0 Å². The Hall–Kier alpha value is -0.220. The third-order valence-electron chi connectivity index (χ3n) is 3.22. The lowest BCUT2D eigenvalue weighted by Crippen LogP contribution is -2.73. The van der Waals surface area contributed by atoms with Gasteiger partial charge in [0.25, 0.3) is 0 Å². The van der Waals surface area contributed by atoms with Crippen molar-refractivity contribution in [3.8, 4) is 0 Å². The standard InChI is InChI=1S/C17H36F2N2/c1-13(2,3)20(14(4,5)6)17(18,19)21(15(7,8)9)16(10,11)12/h1-12H3. The second kappa shape index (κ2) is 5.45. The van der Waals surface area contributed by atoms with Gasteiger partial charge in [-0.3, -0.25) is 0 Å². The summed E-state index contributed by atoms with van der Waals surface area (Å²) in [5.74, 6) is 0. The summed E-state index contributed by atoms with van der Waals surface area (Å²) in [5.41, 5.74) is -2.62. The first-order valence-electron chi connectivity index (χ1n) is 7.72. The van der Waals surface area contributed by atoms with E-state index < -0.39 is 28.3 Å². The van der Waals surface area contributed by atoms with Crippen LogP contribution in [0.4, 0.5) is 8.78 Å². The van der Waals surface area contributed by atoms with Gasteiger partial charge in [-0.15, -0.1) is 0 Å². The van der Waals surface area contributed by atoms with Gasteiger partial charge in [0.05, 0.1) is 0 Å². The topological polar surface area (TPSA) is 6.48 Å². The first-order valence-corrected chi connectivity index (χ1v) is 7.72. The van der Waals surface area contributed by atoms with Gasteiger partial charge in [0.2, 0.25) is 0 Å². The highest BCUT2D eigenvalue weighted by Crippen LogP contribution is 2.44. The van der Waals surface area contributed by atoms with Gasteiger partial charge in [-0.05, 0) is 83.1 Å². The van der Waals surface area contributed by atoms with Gasteiger partial charge in [-0.2, -0.15) is 8.78 Å². The molecule has 128 valence electrons. The van der Waals surface area contributed by atoms with Crippen molar-refractivity contribution in [1.82, 2.24) is 9.80 Å². The summed E-state index contributed by atoms with van der Waals surface area (Å²) < 4.78 is 31.2. The second-order valence-corrected chi connectivity index (χ2v) is 9.86. The summed E-state index contributed by atoms with van der Waals surface area (Å²) in [6.45, 7) is 22.1. The molecule has 0 radical (unpaired) electrons. The van der Waals surface area contributed by atoms with Gasteiger partial charge in [0, 0.05) is 22.2 Å². The minimum Gasteiger partial charge on any atom is -0.220 e. The average molecular weight is 306 g/mol. The van der Waals surface area contributed by atoms with E-state index in [9.17, 15) is 0 Å². The third kappa shape index (κ3) is 4.88. The number of halogens is 2. The molecule has 0 aliphatic rings. The fourth-order valence-corrected chi connectivity index (χ4v) is 3.73. The molecule has 0 spiro atoms. The molecule has 0 N–H and O–H groups in total. The molecule has 0 aromatic rings. The highest BCUT2D eigenvalue weighted by Gasteiger charge is 2.58. The average Bonchev–Trinajstić information content (AvgIpc) is 1.84. The molecule has 0 fully saturated rings. The lowest BCUT2D eigenvalue weighted by atomic mass is 9.92. The number of rotatable bonds is 2. The van der Waals surface area contributed by atoms with Crippen LogP contribution < -0.4 is 0 Å². The molecule has 0 atom stereocenters. The Morgan fingerprint density at radius 2 is 0.571 bits per heavy atom. The number of hydrogen-bond acceptors (Lipinski definition) is 2. The quantitative estimate of drug-likeness (QED) is 0.502. The maximum absolute atomic E-state index is 15.6. The van der Waals surface area contributed by atoms with Crippen molar-refractivity contribution < 1.29 is 8.78 Å². The Morgan fingerprint density at radius 1 is 0.429 bits per heavy atom. The normalized spacial score (nSPS) is 16.0. The van der Waals surface area contributed by atoms with E-state index in [1.54, 1.807) is 0 Å². The van der Waals surface area contributed by atoms with E-state index in [0.29, 0.717) is 0 Å². The van der Waals surface area contributed by atoms with Gasteiger partial charge < -0.3 is 0 Å². The van der Waals surface area contributed by atoms with E-state index in [1.165, 1.54) is 9.80 Å². The molecule has 0 aliphatic heterocycles. The van der Waals surface area contributed by atoms with Crippen molar-refractivity contribution in [2.45, 2.75) is 111 Å². The van der Waals surface area contributed by atoms with Gasteiger partial charge in [0.15, 0.2) is 0 Å². The van der Waals surface area contributed by atoms with Crippen LogP contribution in [0.5, 0.6) is 0 Å². The number of hydrogen-bond donors (Lipinski definition) is 0. The molecule has 0 heterocycles. The van der Waals surface area contributed by atoms with E-state index in [1.807, 2.05) is 83.1 Å². The highest BCUT2D eigenvalue weighted by atomic mass is 19.3. The molecule has 0 bridgehead atoms. The largest absolute Gasteiger partial charge is 0.371 e. The first kappa shape index (κ1) is 20.8. The van der Waals surface area contributed by atoms with Crippen molar-refractivity contribution in [2.75, 3.05) is 0 Å². The van der Waals surface area contributed by atoms with Crippen LogP contribution in [0, 0.1) is 0 Å². The van der Waals surface area contributed by atoms with Crippen LogP contribution >= 0.6 is 0 Å². The van der Waals surface area contributed by atoms with E-state index >= 15 is 8.78 Å². The summed E-state index contributed by atoms with van der Waals surface area (Å²) in [4.78, 5) is 2.65. The van der Waals surface area contributed by atoms with Crippen LogP contribution in [0.15, 0.2) is 0 Å². The Balaban J connectivity index is 6.21. The Bertz CT molecular complexity index is 287. The van der Waals surface area contributed by atoms with Gasteiger partial charge >= 0.3 is 6.17 Å². The third-order valence-corrected chi connectivity index (χ3v) is 3.22. The smallest absolute Gasteiger partial charge is 0.220 e. The first-order chi connectivity index (χ1) is 8.73. The fraction of sp³-hybridized carbons (Fsp3) is 1.00. The van der Waals surface area contributed by atoms with Crippen LogP contribution in [0.25, 0.3) is 0 Å². The predicted octanol–water partition coefficient (Wildman–Crippen LogP) is 5.33. The Kier molecular flexibility index (Phi) is 5.39. The van der Waals surface area contributed by atoms with Gasteiger partial charge in [-0.1, -0.05) is 0 Å². The molecular formula is C17H36F2N2. The highest BCUT2D eigenvalue weighted by molar-refractivity contribution is 4.98. The van der Waals surface area contributed by atoms with Crippen LogP contribution in [0.1, 0.15) is 83.1 Å². The molecule has 0 unspecified atom stereocenters. The van der Waals surface area contributed by atoms with Crippen molar-refractivity contribution in [2.24, 2.45) is 0 Å². The monoisotopic (exact) mass is 306 g/mol. The van der Waals surface area contributed by atoms with Crippen LogP contribution in [0.3, 0.4) is 0 Å². The minimum atomic E-state index is -3.06. The lowest BCUT2D eigenvalue weighted by Gasteiger charge is -2.58. The molecule has 0 aromatic heterocycles. The fourth-order valence-electron chi connectivity index (χ4n) is 3.73. The lowest BCUT2D eigenvalue weighted by molar-refractivity contribution is -0.336. The Morgan fingerprint density at radius 3 is 0.667 bits per heavy atom. The van der Waals surface area contributed by atoms with E-state index in [0.717, 1.165) is 0 Å². The molecule has 0 saturated carbocycles. The van der Waals surface area contributed by atoms with Gasteiger partial charge in [-0.25, -0.2) is 9.80 Å². The zero-order chi connectivity index (χ0) is 17.7. The van der Waals surface area contributed by atoms with Gasteiger partial charge in [0.1, 0.15) is 0 Å².